The maximum atomic E-state index is 11.7. The Kier molecular flexibility index (Phi) is 5.84. The van der Waals surface area contributed by atoms with Gasteiger partial charge in [-0.25, -0.2) is 4.79 Å². The van der Waals surface area contributed by atoms with E-state index in [2.05, 4.69) is 5.32 Å². The maximum Gasteiger partial charge on any atom is 0.408 e. The minimum Gasteiger partial charge on any atom is -0.444 e. The van der Waals surface area contributed by atoms with Gasteiger partial charge >= 0.3 is 6.09 Å². The van der Waals surface area contributed by atoms with Gasteiger partial charge in [0, 0.05) is 12.1 Å². The first-order valence-corrected chi connectivity index (χ1v) is 6.67. The van der Waals surface area contributed by atoms with E-state index in [1.807, 2.05) is 0 Å². The Labute approximate surface area is 127 Å². The first-order valence-electron chi connectivity index (χ1n) is 6.67. The molecule has 0 fully saturated rings. The van der Waals surface area contributed by atoms with E-state index in [4.69, 9.17) is 4.74 Å². The summed E-state index contributed by atoms with van der Waals surface area (Å²) in [6, 6.07) is 4.21. The molecule has 1 amide bonds. The van der Waals surface area contributed by atoms with Gasteiger partial charge in [-0.15, -0.1) is 0 Å². The number of carbonyl (C=O) groups is 1. The highest BCUT2D eigenvalue weighted by atomic mass is 16.6. The summed E-state index contributed by atoms with van der Waals surface area (Å²) in [7, 11) is 0. The number of aliphatic hydroxyl groups excluding tert-OH is 2. The van der Waals surface area contributed by atoms with Gasteiger partial charge in [-0.1, -0.05) is 0 Å². The molecule has 2 unspecified atom stereocenters. The summed E-state index contributed by atoms with van der Waals surface area (Å²) < 4.78 is 5.05. The van der Waals surface area contributed by atoms with Crippen LogP contribution in [0.25, 0.3) is 0 Å². The average Bonchev–Trinajstić information content (AvgIpc) is 2.42. The van der Waals surface area contributed by atoms with Crippen molar-refractivity contribution in [3.63, 3.8) is 0 Å². The third kappa shape index (κ3) is 5.30. The highest BCUT2D eigenvalue weighted by Crippen LogP contribution is 2.20. The van der Waals surface area contributed by atoms with E-state index in [-0.39, 0.29) is 5.69 Å². The second-order valence-electron chi connectivity index (χ2n) is 5.73. The molecule has 0 aromatic heterocycles. The number of aliphatic hydroxyl groups is 2. The molecular weight excluding hydrogens is 292 g/mol. The fourth-order valence-corrected chi connectivity index (χ4v) is 1.71. The zero-order valence-electron chi connectivity index (χ0n) is 12.6. The highest BCUT2D eigenvalue weighted by molar-refractivity contribution is 5.68. The van der Waals surface area contributed by atoms with E-state index in [1.165, 1.54) is 24.3 Å². The molecule has 3 N–H and O–H groups in total. The van der Waals surface area contributed by atoms with Crippen LogP contribution in [0.5, 0.6) is 0 Å². The molecule has 122 valence electrons. The smallest absolute Gasteiger partial charge is 0.408 e. The Morgan fingerprint density at radius 1 is 1.36 bits per heavy atom. The fourth-order valence-electron chi connectivity index (χ4n) is 1.71. The molecule has 0 saturated heterocycles. The lowest BCUT2D eigenvalue weighted by Gasteiger charge is -2.25. The number of nitrogens with zero attached hydrogens (tertiary/aromatic N) is 1. The topological polar surface area (TPSA) is 122 Å². The van der Waals surface area contributed by atoms with Crippen molar-refractivity contribution < 1.29 is 24.7 Å². The van der Waals surface area contributed by atoms with E-state index >= 15 is 0 Å². The number of rotatable bonds is 5. The normalized spacial score (nSPS) is 14.0. The van der Waals surface area contributed by atoms with Gasteiger partial charge in [0.25, 0.3) is 5.69 Å². The number of benzene rings is 1. The Hall–Kier alpha value is -2.19. The standard InChI is InChI=1S/C14H20N2O6/c1-14(2,3)22-13(19)15-11(8-17)12(18)9-4-6-10(7-5-9)16(20)21/h4-7,11-12,17-18H,8H2,1-3H3,(H,15,19). The molecule has 1 aromatic carbocycles. The second kappa shape index (κ2) is 7.19. The van der Waals surface area contributed by atoms with Crippen LogP contribution in [0, 0.1) is 10.1 Å². The van der Waals surface area contributed by atoms with Gasteiger partial charge in [-0.2, -0.15) is 0 Å². The molecule has 0 radical (unpaired) electrons. The van der Waals surface area contributed by atoms with Crippen molar-refractivity contribution in [1.29, 1.82) is 0 Å². The zero-order valence-corrected chi connectivity index (χ0v) is 12.6. The molecule has 0 saturated carbocycles. The highest BCUT2D eigenvalue weighted by Gasteiger charge is 2.25. The molecular formula is C14H20N2O6. The van der Waals surface area contributed by atoms with Crippen LogP contribution in [0.1, 0.15) is 32.4 Å². The average molecular weight is 312 g/mol. The van der Waals surface area contributed by atoms with Crippen molar-refractivity contribution >= 4 is 11.8 Å². The third-order valence-electron chi connectivity index (χ3n) is 2.73. The predicted octanol–water partition coefficient (Wildman–Crippen LogP) is 1.51. The van der Waals surface area contributed by atoms with Crippen LogP contribution >= 0.6 is 0 Å². The van der Waals surface area contributed by atoms with Gasteiger partial charge in [0.05, 0.1) is 17.6 Å². The van der Waals surface area contributed by atoms with Crippen molar-refractivity contribution in [2.24, 2.45) is 0 Å². The second-order valence-corrected chi connectivity index (χ2v) is 5.73. The Morgan fingerprint density at radius 3 is 2.32 bits per heavy atom. The van der Waals surface area contributed by atoms with E-state index < -0.39 is 35.4 Å². The van der Waals surface area contributed by atoms with Crippen LogP contribution in [0.15, 0.2) is 24.3 Å². The Balaban J connectivity index is 2.77. The van der Waals surface area contributed by atoms with E-state index in [9.17, 15) is 25.1 Å². The van der Waals surface area contributed by atoms with Crippen LogP contribution in [0.2, 0.25) is 0 Å². The minimum absolute atomic E-state index is 0.114. The summed E-state index contributed by atoms with van der Waals surface area (Å²) in [6.07, 6.45) is -1.99. The number of hydrogen-bond donors (Lipinski definition) is 3. The molecule has 0 bridgehead atoms. The van der Waals surface area contributed by atoms with Gasteiger partial charge < -0.3 is 20.3 Å². The summed E-state index contributed by atoms with van der Waals surface area (Å²) in [6.45, 7) is 4.55. The van der Waals surface area contributed by atoms with Gasteiger partial charge in [-0.3, -0.25) is 10.1 Å². The van der Waals surface area contributed by atoms with Crippen molar-refractivity contribution in [2.75, 3.05) is 6.61 Å². The van der Waals surface area contributed by atoms with Gasteiger partial charge in [0.2, 0.25) is 0 Å². The van der Waals surface area contributed by atoms with Crippen LogP contribution < -0.4 is 5.32 Å². The van der Waals surface area contributed by atoms with Crippen LogP contribution in [-0.2, 0) is 4.74 Å². The summed E-state index contributed by atoms with van der Waals surface area (Å²) in [5.41, 5.74) is -0.486. The molecule has 1 rings (SSSR count). The van der Waals surface area contributed by atoms with Crippen molar-refractivity contribution in [3.8, 4) is 0 Å². The zero-order chi connectivity index (χ0) is 16.9. The van der Waals surface area contributed by atoms with Gasteiger partial charge in [0.1, 0.15) is 11.7 Å². The first kappa shape index (κ1) is 17.9. The van der Waals surface area contributed by atoms with Crippen molar-refractivity contribution in [3.05, 3.63) is 39.9 Å². The monoisotopic (exact) mass is 312 g/mol. The molecule has 8 nitrogen and oxygen atoms in total. The number of alkyl carbamates (subject to hydrolysis) is 1. The minimum atomic E-state index is -1.22. The number of carbonyl (C=O) groups excluding carboxylic acids is 1. The summed E-state index contributed by atoms with van der Waals surface area (Å²) in [5, 5.41) is 32.4. The van der Waals surface area contributed by atoms with Crippen molar-refractivity contribution in [2.45, 2.75) is 38.5 Å². The fraction of sp³-hybridized carbons (Fsp3) is 0.500. The SMILES string of the molecule is CC(C)(C)OC(=O)NC(CO)C(O)c1ccc([N+](=O)[O-])cc1. The number of non-ortho nitro benzene ring substituents is 1. The van der Waals surface area contributed by atoms with Gasteiger partial charge in [0.15, 0.2) is 0 Å². The number of hydrogen-bond acceptors (Lipinski definition) is 6. The number of nitrogens with one attached hydrogen (secondary N) is 1. The molecule has 1 aromatic rings. The third-order valence-corrected chi connectivity index (χ3v) is 2.73. The summed E-state index contributed by atoms with van der Waals surface area (Å²) in [4.78, 5) is 21.7. The first-order chi connectivity index (χ1) is 10.1. The quantitative estimate of drug-likeness (QED) is 0.559. The van der Waals surface area contributed by atoms with E-state index in [1.54, 1.807) is 20.8 Å². The van der Waals surface area contributed by atoms with Gasteiger partial charge in [-0.05, 0) is 38.5 Å². The van der Waals surface area contributed by atoms with Crippen LogP contribution in [0.3, 0.4) is 0 Å². The van der Waals surface area contributed by atoms with E-state index in [0.29, 0.717) is 5.56 Å². The molecule has 0 aliphatic heterocycles. The molecule has 8 heteroatoms. The molecule has 22 heavy (non-hydrogen) atoms. The lowest BCUT2D eigenvalue weighted by Crippen LogP contribution is -2.44. The lowest BCUT2D eigenvalue weighted by atomic mass is 10.0. The number of nitro benzene ring substituents is 1. The maximum absolute atomic E-state index is 11.7. The summed E-state index contributed by atoms with van der Waals surface area (Å²) >= 11 is 0. The predicted molar refractivity (Wildman–Crippen MR) is 78.3 cm³/mol. The molecule has 2 atom stereocenters. The summed E-state index contributed by atoms with van der Waals surface area (Å²) in [5.74, 6) is 0. The molecule has 0 heterocycles. The Bertz CT molecular complexity index is 523. The molecule has 0 spiro atoms. The molecule has 0 aliphatic carbocycles. The largest absolute Gasteiger partial charge is 0.444 e. The number of ether oxygens (including phenoxy) is 1. The lowest BCUT2D eigenvalue weighted by molar-refractivity contribution is -0.384. The number of nitro groups is 1. The Morgan fingerprint density at radius 2 is 1.91 bits per heavy atom. The van der Waals surface area contributed by atoms with Crippen molar-refractivity contribution in [1.82, 2.24) is 5.32 Å². The van der Waals surface area contributed by atoms with Crippen LogP contribution in [-0.4, -0.2) is 39.5 Å². The van der Waals surface area contributed by atoms with E-state index in [0.717, 1.165) is 0 Å². The number of amides is 1. The van der Waals surface area contributed by atoms with Crippen LogP contribution in [0.4, 0.5) is 10.5 Å². The molecule has 0 aliphatic rings.